The van der Waals surface area contributed by atoms with Crippen molar-refractivity contribution in [3.63, 3.8) is 0 Å². The minimum atomic E-state index is 0.821. The van der Waals surface area contributed by atoms with Crippen LogP contribution in [0.4, 0.5) is 5.69 Å². The maximum Gasteiger partial charge on any atom is 0.0494 e. The molecule has 1 nitrogen and oxygen atoms in total. The highest BCUT2D eigenvalue weighted by Crippen LogP contribution is 2.38. The van der Waals surface area contributed by atoms with Gasteiger partial charge in [0.05, 0.1) is 0 Å². The molecule has 1 aromatic carbocycles. The summed E-state index contributed by atoms with van der Waals surface area (Å²) in [4.78, 5) is 4.20. The number of aryl methyl sites for hydroxylation is 1. The van der Waals surface area contributed by atoms with E-state index in [-0.39, 0.29) is 0 Å². The fourth-order valence-corrected chi connectivity index (χ4v) is 4.85. The van der Waals surface area contributed by atoms with Crippen LogP contribution in [0.1, 0.15) is 35.4 Å². The second kappa shape index (κ2) is 6.68. The molecule has 1 heterocycles. The summed E-state index contributed by atoms with van der Waals surface area (Å²) < 4.78 is 0. The zero-order valence-electron chi connectivity index (χ0n) is 11.9. The van der Waals surface area contributed by atoms with E-state index in [1.165, 1.54) is 46.0 Å². The summed E-state index contributed by atoms with van der Waals surface area (Å²) >= 11 is 3.94. The number of nitrogens with one attached hydrogen (secondary N) is 1. The van der Waals surface area contributed by atoms with Crippen molar-refractivity contribution in [3.05, 3.63) is 46.2 Å². The van der Waals surface area contributed by atoms with Gasteiger partial charge in [0.15, 0.2) is 0 Å². The van der Waals surface area contributed by atoms with Crippen LogP contribution in [0.3, 0.4) is 0 Å². The Morgan fingerprint density at radius 2 is 1.95 bits per heavy atom. The number of rotatable bonds is 5. The Kier molecular flexibility index (Phi) is 4.69. The van der Waals surface area contributed by atoms with Gasteiger partial charge in [-0.25, -0.2) is 0 Å². The first-order valence-electron chi connectivity index (χ1n) is 7.36. The number of benzene rings is 1. The van der Waals surface area contributed by atoms with E-state index in [1.807, 2.05) is 11.3 Å². The summed E-state index contributed by atoms with van der Waals surface area (Å²) in [5, 5.41) is 4.43. The molecule has 0 amide bonds. The lowest BCUT2D eigenvalue weighted by atomic mass is 10.3. The van der Waals surface area contributed by atoms with Crippen molar-refractivity contribution in [2.45, 2.75) is 49.3 Å². The zero-order chi connectivity index (χ0) is 13.8. The molecule has 0 aliphatic heterocycles. The molecule has 0 atom stereocenters. The van der Waals surface area contributed by atoms with Crippen molar-refractivity contribution < 1.29 is 0 Å². The van der Waals surface area contributed by atoms with E-state index < -0.39 is 0 Å². The molecule has 20 heavy (non-hydrogen) atoms. The maximum atomic E-state index is 3.61. The van der Waals surface area contributed by atoms with E-state index in [1.54, 1.807) is 0 Å². The lowest BCUT2D eigenvalue weighted by Crippen LogP contribution is -2.01. The van der Waals surface area contributed by atoms with E-state index in [9.17, 15) is 0 Å². The predicted octanol–water partition coefficient (Wildman–Crippen LogP) is 5.70. The highest BCUT2D eigenvalue weighted by molar-refractivity contribution is 8.00. The molecular formula is C17H21NS2. The third-order valence-electron chi connectivity index (χ3n) is 3.73. The lowest BCUT2D eigenvalue weighted by molar-refractivity contribution is 0.886. The van der Waals surface area contributed by atoms with E-state index >= 15 is 0 Å². The van der Waals surface area contributed by atoms with Crippen molar-refractivity contribution in [3.8, 4) is 0 Å². The smallest absolute Gasteiger partial charge is 0.0494 e. The molecule has 0 radical (unpaired) electrons. The lowest BCUT2D eigenvalue weighted by Gasteiger charge is -2.14. The topological polar surface area (TPSA) is 12.0 Å². The fourth-order valence-electron chi connectivity index (χ4n) is 2.66. The quantitative estimate of drug-likeness (QED) is 0.760. The van der Waals surface area contributed by atoms with Crippen LogP contribution >= 0.6 is 23.1 Å². The van der Waals surface area contributed by atoms with Gasteiger partial charge in [-0.3, -0.25) is 0 Å². The average molecular weight is 303 g/mol. The molecule has 3 heteroatoms. The highest BCUT2D eigenvalue weighted by atomic mass is 32.2. The van der Waals surface area contributed by atoms with Gasteiger partial charge in [-0.2, -0.15) is 0 Å². The predicted molar refractivity (Wildman–Crippen MR) is 90.9 cm³/mol. The molecule has 1 aromatic heterocycles. The number of thioether (sulfide) groups is 1. The SMILES string of the molecule is Cc1ccc(CNc2ccccc2SC2CCCC2)s1. The van der Waals surface area contributed by atoms with Gasteiger partial charge in [0.1, 0.15) is 0 Å². The molecule has 0 unspecified atom stereocenters. The van der Waals surface area contributed by atoms with Crippen LogP contribution in [-0.4, -0.2) is 5.25 Å². The molecule has 1 aliphatic rings. The summed E-state index contributed by atoms with van der Waals surface area (Å²) in [6.45, 7) is 3.10. The second-order valence-electron chi connectivity index (χ2n) is 5.39. The van der Waals surface area contributed by atoms with E-state index in [0.29, 0.717) is 0 Å². The summed E-state index contributed by atoms with van der Waals surface area (Å²) in [7, 11) is 0. The molecule has 3 rings (SSSR count). The number of hydrogen-bond acceptors (Lipinski definition) is 3. The number of anilines is 1. The van der Waals surface area contributed by atoms with E-state index in [4.69, 9.17) is 0 Å². The van der Waals surface area contributed by atoms with Crippen molar-refractivity contribution in [2.24, 2.45) is 0 Å². The van der Waals surface area contributed by atoms with Crippen LogP contribution < -0.4 is 5.32 Å². The first kappa shape index (κ1) is 14.0. The van der Waals surface area contributed by atoms with Gasteiger partial charge in [-0.05, 0) is 44.0 Å². The van der Waals surface area contributed by atoms with Crippen molar-refractivity contribution in [1.82, 2.24) is 0 Å². The standard InChI is InChI=1S/C17H21NS2/c1-13-10-11-15(19-13)12-18-16-8-4-5-9-17(16)20-14-6-2-3-7-14/h4-5,8-11,14,18H,2-3,6-7,12H2,1H3. The first-order valence-corrected chi connectivity index (χ1v) is 9.06. The van der Waals surface area contributed by atoms with Crippen LogP contribution in [0.2, 0.25) is 0 Å². The molecular weight excluding hydrogens is 282 g/mol. The monoisotopic (exact) mass is 303 g/mol. The van der Waals surface area contributed by atoms with Gasteiger partial charge in [0.2, 0.25) is 0 Å². The first-order chi connectivity index (χ1) is 9.81. The van der Waals surface area contributed by atoms with Crippen LogP contribution in [0, 0.1) is 6.92 Å². The highest BCUT2D eigenvalue weighted by Gasteiger charge is 2.17. The molecule has 1 N–H and O–H groups in total. The molecule has 0 spiro atoms. The molecule has 2 aromatic rings. The van der Waals surface area contributed by atoms with Gasteiger partial charge >= 0.3 is 0 Å². The average Bonchev–Trinajstić information content (AvgIpc) is 3.10. The summed E-state index contributed by atoms with van der Waals surface area (Å²) in [6.07, 6.45) is 5.57. The van der Waals surface area contributed by atoms with Crippen molar-refractivity contribution >= 4 is 28.8 Å². The second-order valence-corrected chi connectivity index (χ2v) is 8.10. The Hall–Kier alpha value is -0.930. The number of hydrogen-bond donors (Lipinski definition) is 1. The Labute approximate surface area is 129 Å². The Bertz CT molecular complexity index is 556. The summed E-state index contributed by atoms with van der Waals surface area (Å²) in [5.74, 6) is 0. The minimum absolute atomic E-state index is 0.821. The van der Waals surface area contributed by atoms with Gasteiger partial charge in [0.25, 0.3) is 0 Å². The van der Waals surface area contributed by atoms with E-state index in [2.05, 4.69) is 60.4 Å². The van der Waals surface area contributed by atoms with Crippen molar-refractivity contribution in [1.29, 1.82) is 0 Å². The van der Waals surface area contributed by atoms with Crippen LogP contribution in [-0.2, 0) is 6.54 Å². The van der Waals surface area contributed by atoms with E-state index in [0.717, 1.165) is 11.8 Å². The largest absolute Gasteiger partial charge is 0.379 e. The van der Waals surface area contributed by atoms with Crippen LogP contribution in [0.15, 0.2) is 41.3 Å². The Morgan fingerprint density at radius 3 is 2.70 bits per heavy atom. The zero-order valence-corrected chi connectivity index (χ0v) is 13.5. The van der Waals surface area contributed by atoms with Gasteiger partial charge < -0.3 is 5.32 Å². The van der Waals surface area contributed by atoms with Crippen LogP contribution in [0.25, 0.3) is 0 Å². The molecule has 0 bridgehead atoms. The Balaban J connectivity index is 1.65. The minimum Gasteiger partial charge on any atom is -0.379 e. The molecule has 0 saturated heterocycles. The summed E-state index contributed by atoms with van der Waals surface area (Å²) in [5.41, 5.74) is 1.29. The maximum absolute atomic E-state index is 3.61. The normalized spacial score (nSPS) is 15.7. The summed E-state index contributed by atoms with van der Waals surface area (Å²) in [6, 6.07) is 13.2. The van der Waals surface area contributed by atoms with Gasteiger partial charge in [-0.15, -0.1) is 23.1 Å². The van der Waals surface area contributed by atoms with Crippen molar-refractivity contribution in [2.75, 3.05) is 5.32 Å². The Morgan fingerprint density at radius 1 is 1.15 bits per heavy atom. The number of para-hydroxylation sites is 1. The molecule has 106 valence electrons. The number of thiophene rings is 1. The van der Waals surface area contributed by atoms with Crippen LogP contribution in [0.5, 0.6) is 0 Å². The third kappa shape index (κ3) is 3.58. The van der Waals surface area contributed by atoms with Gasteiger partial charge in [-0.1, -0.05) is 25.0 Å². The molecule has 1 fully saturated rings. The third-order valence-corrected chi connectivity index (χ3v) is 6.15. The fraction of sp³-hybridized carbons (Fsp3) is 0.412. The van der Waals surface area contributed by atoms with Gasteiger partial charge in [0, 0.05) is 32.1 Å². The molecule has 1 saturated carbocycles. The molecule has 1 aliphatic carbocycles.